The standard InChI is InChI=1S/C12H21O4P/c1-8-4-5-11(13)12(6-8)17(14)15-9(2)7-10(3)16-17/h8-10,12H,4-7H2,1-3H3/t8?,9-,10-,12?/m0/s1. The van der Waals surface area contributed by atoms with Gasteiger partial charge in [0.1, 0.15) is 11.4 Å². The minimum absolute atomic E-state index is 0.0488. The van der Waals surface area contributed by atoms with Gasteiger partial charge in [0.25, 0.3) is 0 Å². The Balaban J connectivity index is 2.18. The lowest BCUT2D eigenvalue weighted by molar-refractivity contribution is -0.121. The fourth-order valence-corrected chi connectivity index (χ4v) is 5.34. The summed E-state index contributed by atoms with van der Waals surface area (Å²) in [6, 6.07) is 0. The molecule has 2 rings (SSSR count). The predicted octanol–water partition coefficient (Wildman–Crippen LogP) is 3.15. The van der Waals surface area contributed by atoms with Gasteiger partial charge in [-0.05, 0) is 32.6 Å². The number of rotatable bonds is 1. The molecule has 1 saturated heterocycles. The summed E-state index contributed by atoms with van der Waals surface area (Å²) in [4.78, 5) is 11.9. The predicted molar refractivity (Wildman–Crippen MR) is 65.1 cm³/mol. The van der Waals surface area contributed by atoms with Crippen LogP contribution in [0, 0.1) is 5.92 Å². The molecule has 4 atom stereocenters. The maximum atomic E-state index is 12.7. The molecule has 4 nitrogen and oxygen atoms in total. The van der Waals surface area contributed by atoms with Gasteiger partial charge in [-0.3, -0.25) is 9.36 Å². The van der Waals surface area contributed by atoms with Gasteiger partial charge in [0.2, 0.25) is 0 Å². The van der Waals surface area contributed by atoms with Gasteiger partial charge in [0.15, 0.2) is 0 Å². The summed E-state index contributed by atoms with van der Waals surface area (Å²) in [7, 11) is -3.24. The lowest BCUT2D eigenvalue weighted by Crippen LogP contribution is -2.35. The molecule has 17 heavy (non-hydrogen) atoms. The van der Waals surface area contributed by atoms with Crippen LogP contribution in [0.25, 0.3) is 0 Å². The number of ketones is 1. The molecule has 0 aromatic rings. The topological polar surface area (TPSA) is 52.6 Å². The van der Waals surface area contributed by atoms with Crippen molar-refractivity contribution in [2.45, 2.75) is 64.3 Å². The van der Waals surface area contributed by atoms with E-state index in [2.05, 4.69) is 6.92 Å². The summed E-state index contributed by atoms with van der Waals surface area (Å²) < 4.78 is 23.7. The molecule has 0 N–H and O–H groups in total. The molecule has 98 valence electrons. The van der Waals surface area contributed by atoms with Gasteiger partial charge in [0, 0.05) is 12.8 Å². The van der Waals surface area contributed by atoms with Gasteiger partial charge in [-0.25, -0.2) is 0 Å². The van der Waals surface area contributed by atoms with Gasteiger partial charge < -0.3 is 9.05 Å². The van der Waals surface area contributed by atoms with E-state index >= 15 is 0 Å². The maximum absolute atomic E-state index is 12.7. The molecule has 0 aromatic carbocycles. The average molecular weight is 260 g/mol. The monoisotopic (exact) mass is 260 g/mol. The van der Waals surface area contributed by atoms with Crippen molar-refractivity contribution in [3.8, 4) is 0 Å². The van der Waals surface area contributed by atoms with Crippen LogP contribution in [-0.2, 0) is 18.4 Å². The molecule has 2 aliphatic rings. The van der Waals surface area contributed by atoms with E-state index in [9.17, 15) is 9.36 Å². The Kier molecular flexibility index (Phi) is 3.77. The first kappa shape index (κ1) is 13.3. The Morgan fingerprint density at radius 3 is 2.29 bits per heavy atom. The van der Waals surface area contributed by atoms with Crippen LogP contribution in [0.5, 0.6) is 0 Å². The molecule has 0 spiro atoms. The third-order valence-corrected chi connectivity index (χ3v) is 6.15. The highest BCUT2D eigenvalue weighted by Gasteiger charge is 2.47. The second-order valence-electron chi connectivity index (χ2n) is 5.47. The van der Waals surface area contributed by atoms with Crippen molar-refractivity contribution in [2.24, 2.45) is 5.92 Å². The maximum Gasteiger partial charge on any atom is 0.341 e. The molecule has 2 unspecified atom stereocenters. The van der Waals surface area contributed by atoms with Crippen molar-refractivity contribution in [1.82, 2.24) is 0 Å². The van der Waals surface area contributed by atoms with Crippen LogP contribution < -0.4 is 0 Å². The molecule has 5 heteroatoms. The van der Waals surface area contributed by atoms with E-state index in [0.29, 0.717) is 18.8 Å². The Hall–Kier alpha value is -0.180. The van der Waals surface area contributed by atoms with Crippen molar-refractivity contribution in [3.63, 3.8) is 0 Å². The zero-order chi connectivity index (χ0) is 12.6. The molecule has 1 heterocycles. The van der Waals surface area contributed by atoms with Crippen molar-refractivity contribution in [1.29, 1.82) is 0 Å². The molecule has 1 saturated carbocycles. The highest BCUT2D eigenvalue weighted by molar-refractivity contribution is 7.55. The Morgan fingerprint density at radius 2 is 1.71 bits per heavy atom. The van der Waals surface area contributed by atoms with E-state index in [1.54, 1.807) is 0 Å². The number of carbonyl (C=O) groups is 1. The SMILES string of the molecule is CC1CCC(=O)C(P2(=O)O[C@@H](C)C[C@H](C)O2)C1. The van der Waals surface area contributed by atoms with Gasteiger partial charge in [-0.1, -0.05) is 6.92 Å². The van der Waals surface area contributed by atoms with Crippen LogP contribution in [0.1, 0.15) is 46.5 Å². The van der Waals surface area contributed by atoms with Crippen LogP contribution in [-0.4, -0.2) is 23.7 Å². The van der Waals surface area contributed by atoms with Gasteiger partial charge >= 0.3 is 7.60 Å². The highest BCUT2D eigenvalue weighted by Crippen LogP contribution is 2.61. The Bertz CT molecular complexity index is 340. The normalized spacial score (nSPS) is 48.1. The summed E-state index contributed by atoms with van der Waals surface area (Å²) in [6.45, 7) is 5.87. The fourth-order valence-electron chi connectivity index (χ4n) is 2.72. The lowest BCUT2D eigenvalue weighted by Gasteiger charge is -2.38. The van der Waals surface area contributed by atoms with Crippen LogP contribution >= 0.6 is 7.60 Å². The summed E-state index contributed by atoms with van der Waals surface area (Å²) >= 11 is 0. The zero-order valence-electron chi connectivity index (χ0n) is 10.7. The first-order valence-corrected chi connectivity index (χ1v) is 8.01. The van der Waals surface area contributed by atoms with Gasteiger partial charge in [-0.2, -0.15) is 0 Å². The number of hydrogen-bond acceptors (Lipinski definition) is 4. The van der Waals surface area contributed by atoms with Crippen LogP contribution in [0.2, 0.25) is 0 Å². The fraction of sp³-hybridized carbons (Fsp3) is 0.917. The minimum Gasteiger partial charge on any atom is -0.305 e. The third-order valence-electron chi connectivity index (χ3n) is 3.58. The minimum atomic E-state index is -3.24. The number of Topliss-reactive ketones (excluding diaryl/α,β-unsaturated/α-hetero) is 1. The largest absolute Gasteiger partial charge is 0.341 e. The Labute approximate surface area is 103 Å². The van der Waals surface area contributed by atoms with Gasteiger partial charge in [-0.15, -0.1) is 0 Å². The molecular formula is C12H21O4P. The molecule has 1 aliphatic carbocycles. The van der Waals surface area contributed by atoms with Crippen LogP contribution in [0.15, 0.2) is 0 Å². The second-order valence-corrected chi connectivity index (χ2v) is 7.59. The molecular weight excluding hydrogens is 239 g/mol. The van der Waals surface area contributed by atoms with E-state index in [1.165, 1.54) is 0 Å². The second kappa shape index (κ2) is 4.83. The molecule has 1 aliphatic heterocycles. The average Bonchev–Trinajstić information content (AvgIpc) is 2.19. The smallest absolute Gasteiger partial charge is 0.305 e. The molecule has 2 fully saturated rings. The van der Waals surface area contributed by atoms with E-state index in [4.69, 9.17) is 9.05 Å². The first-order chi connectivity index (χ1) is 7.90. The van der Waals surface area contributed by atoms with E-state index in [1.807, 2.05) is 13.8 Å². The summed E-state index contributed by atoms with van der Waals surface area (Å²) in [6.07, 6.45) is 2.59. The molecule has 0 bridgehead atoms. The highest BCUT2D eigenvalue weighted by atomic mass is 31.2. The number of hydrogen-bond donors (Lipinski definition) is 0. The van der Waals surface area contributed by atoms with Gasteiger partial charge in [0.05, 0.1) is 12.2 Å². The summed E-state index contributed by atoms with van der Waals surface area (Å²) in [5, 5.41) is 0. The van der Waals surface area contributed by atoms with Crippen molar-refractivity contribution in [3.05, 3.63) is 0 Å². The zero-order valence-corrected chi connectivity index (χ0v) is 11.6. The van der Waals surface area contributed by atoms with E-state index < -0.39 is 13.3 Å². The molecule has 0 radical (unpaired) electrons. The summed E-state index contributed by atoms with van der Waals surface area (Å²) in [5.41, 5.74) is -0.531. The van der Waals surface area contributed by atoms with E-state index in [0.717, 1.165) is 12.8 Å². The Morgan fingerprint density at radius 1 is 1.12 bits per heavy atom. The molecule has 0 aromatic heterocycles. The number of carbonyl (C=O) groups excluding carboxylic acids is 1. The van der Waals surface area contributed by atoms with Crippen LogP contribution in [0.3, 0.4) is 0 Å². The lowest BCUT2D eigenvalue weighted by atomic mass is 9.90. The first-order valence-electron chi connectivity index (χ1n) is 6.40. The van der Waals surface area contributed by atoms with Crippen molar-refractivity contribution >= 4 is 13.4 Å². The third kappa shape index (κ3) is 2.81. The molecule has 0 amide bonds. The van der Waals surface area contributed by atoms with E-state index in [-0.39, 0.29) is 18.0 Å². The van der Waals surface area contributed by atoms with Crippen LogP contribution in [0.4, 0.5) is 0 Å². The quantitative estimate of drug-likeness (QED) is 0.679. The van der Waals surface area contributed by atoms with Crippen molar-refractivity contribution in [2.75, 3.05) is 0 Å². The summed E-state index contributed by atoms with van der Waals surface area (Å²) in [5.74, 6) is 0.469. The van der Waals surface area contributed by atoms with Crippen molar-refractivity contribution < 1.29 is 18.4 Å².